The van der Waals surface area contributed by atoms with E-state index in [1.165, 1.54) is 0 Å². The number of hydrogen-bond acceptors (Lipinski definition) is 3. The van der Waals surface area contributed by atoms with Crippen LogP contribution in [0.25, 0.3) is 0 Å². The van der Waals surface area contributed by atoms with Crippen LogP contribution < -0.4 is 0 Å². The molecule has 6 heteroatoms. The molecule has 0 fully saturated rings. The van der Waals surface area contributed by atoms with E-state index in [-0.39, 0.29) is 21.4 Å². The van der Waals surface area contributed by atoms with Crippen LogP contribution in [0.3, 0.4) is 0 Å². The lowest BCUT2D eigenvalue weighted by atomic mass is 10.2. The summed E-state index contributed by atoms with van der Waals surface area (Å²) < 4.78 is 0. The third-order valence-corrected chi connectivity index (χ3v) is 1.83. The summed E-state index contributed by atoms with van der Waals surface area (Å²) in [6.07, 6.45) is 0. The number of carboxylic acids is 1. The number of halogens is 2. The van der Waals surface area contributed by atoms with Gasteiger partial charge in [-0.25, -0.2) is 9.78 Å². The number of hydrogen-bond donors (Lipinski definition) is 1. The molecule has 0 aliphatic heterocycles. The van der Waals surface area contributed by atoms with E-state index in [0.717, 1.165) is 6.07 Å². The number of aromatic nitrogens is 1. The monoisotopic (exact) mass is 216 g/mol. The zero-order valence-electron chi connectivity index (χ0n) is 6.08. The Balaban J connectivity index is 3.39. The Labute approximate surface area is 83.3 Å². The van der Waals surface area contributed by atoms with Gasteiger partial charge >= 0.3 is 5.97 Å². The number of nitrogens with zero attached hydrogens (tertiary/aromatic N) is 2. The van der Waals surface area contributed by atoms with E-state index in [0.29, 0.717) is 0 Å². The van der Waals surface area contributed by atoms with Gasteiger partial charge in [0, 0.05) is 0 Å². The summed E-state index contributed by atoms with van der Waals surface area (Å²) in [6, 6.07) is 2.79. The lowest BCUT2D eigenvalue weighted by molar-refractivity contribution is 0.0690. The molecule has 13 heavy (non-hydrogen) atoms. The highest BCUT2D eigenvalue weighted by atomic mass is 35.5. The largest absolute Gasteiger partial charge is 0.477 e. The van der Waals surface area contributed by atoms with Crippen molar-refractivity contribution in [3.8, 4) is 6.07 Å². The average Bonchev–Trinajstić information content (AvgIpc) is 2.03. The molecule has 0 saturated heterocycles. The maximum atomic E-state index is 10.4. The molecule has 1 aromatic heterocycles. The Hall–Kier alpha value is -1.31. The van der Waals surface area contributed by atoms with E-state index in [9.17, 15) is 4.79 Å². The predicted molar refractivity (Wildman–Crippen MR) is 45.9 cm³/mol. The first kappa shape index (κ1) is 9.78. The van der Waals surface area contributed by atoms with E-state index in [1.54, 1.807) is 6.07 Å². The van der Waals surface area contributed by atoms with Gasteiger partial charge in [-0.15, -0.1) is 0 Å². The second-order valence-electron chi connectivity index (χ2n) is 2.07. The fourth-order valence-electron chi connectivity index (χ4n) is 0.694. The second-order valence-corrected chi connectivity index (χ2v) is 2.84. The van der Waals surface area contributed by atoms with E-state index in [2.05, 4.69) is 4.98 Å². The summed E-state index contributed by atoms with van der Waals surface area (Å²) >= 11 is 11.1. The van der Waals surface area contributed by atoms with Crippen molar-refractivity contribution in [2.45, 2.75) is 0 Å². The summed E-state index contributed by atoms with van der Waals surface area (Å²) in [6.45, 7) is 0. The smallest absolute Gasteiger partial charge is 0.354 e. The number of pyridine rings is 1. The number of carbonyl (C=O) groups is 1. The summed E-state index contributed by atoms with van der Waals surface area (Å²) in [5.41, 5.74) is -0.303. The van der Waals surface area contributed by atoms with E-state index >= 15 is 0 Å². The Kier molecular flexibility index (Phi) is 2.71. The van der Waals surface area contributed by atoms with Crippen molar-refractivity contribution >= 4 is 29.2 Å². The van der Waals surface area contributed by atoms with Gasteiger partial charge in [0.05, 0.1) is 5.02 Å². The van der Waals surface area contributed by atoms with Crippen molar-refractivity contribution < 1.29 is 9.90 Å². The fourth-order valence-corrected chi connectivity index (χ4v) is 1.21. The van der Waals surface area contributed by atoms with Gasteiger partial charge < -0.3 is 5.11 Å². The molecule has 0 aliphatic carbocycles. The third-order valence-electron chi connectivity index (χ3n) is 1.26. The quantitative estimate of drug-likeness (QED) is 0.729. The Bertz CT molecular complexity index is 388. The van der Waals surface area contributed by atoms with Gasteiger partial charge in [0.2, 0.25) is 0 Å². The first-order chi connectivity index (χ1) is 6.06. The molecule has 0 aliphatic rings. The van der Waals surface area contributed by atoms with Gasteiger partial charge in [0.15, 0.2) is 5.69 Å². The maximum absolute atomic E-state index is 10.4. The molecule has 4 nitrogen and oxygen atoms in total. The first-order valence-electron chi connectivity index (χ1n) is 3.05. The number of rotatable bonds is 1. The van der Waals surface area contributed by atoms with Crippen molar-refractivity contribution in [3.05, 3.63) is 27.5 Å². The zero-order chi connectivity index (χ0) is 10.0. The van der Waals surface area contributed by atoms with Crippen LogP contribution in [0.2, 0.25) is 10.2 Å². The Morgan fingerprint density at radius 3 is 2.62 bits per heavy atom. The second kappa shape index (κ2) is 3.60. The molecule has 1 aromatic rings. The Morgan fingerprint density at radius 2 is 2.23 bits per heavy atom. The molecule has 0 bridgehead atoms. The van der Waals surface area contributed by atoms with Crippen molar-refractivity contribution in [1.29, 1.82) is 5.26 Å². The molecule has 0 saturated carbocycles. The molecule has 1 rings (SSSR count). The van der Waals surface area contributed by atoms with Crippen LogP contribution in [0.1, 0.15) is 16.1 Å². The lowest BCUT2D eigenvalue weighted by Crippen LogP contribution is -2.01. The molecule has 0 aromatic carbocycles. The molecule has 0 atom stereocenters. The van der Waals surface area contributed by atoms with E-state index in [4.69, 9.17) is 33.6 Å². The molecule has 0 unspecified atom stereocenters. The van der Waals surface area contributed by atoms with Gasteiger partial charge in [-0.2, -0.15) is 5.26 Å². The standard InChI is InChI=1S/C7H2Cl2N2O2/c8-4-1-5(7(12)13)11-6(9)3(4)2-10/h1H,(H,12,13). The van der Waals surface area contributed by atoms with Crippen LogP contribution >= 0.6 is 23.2 Å². The van der Waals surface area contributed by atoms with Crippen LogP contribution in [0.4, 0.5) is 0 Å². The van der Waals surface area contributed by atoms with Gasteiger partial charge in [0.25, 0.3) is 0 Å². The molecule has 1 heterocycles. The minimum absolute atomic E-state index is 0.0140. The van der Waals surface area contributed by atoms with Gasteiger partial charge in [-0.05, 0) is 6.07 Å². The van der Waals surface area contributed by atoms with Gasteiger partial charge in [-0.3, -0.25) is 0 Å². The van der Waals surface area contributed by atoms with Crippen LogP contribution in [-0.2, 0) is 0 Å². The SMILES string of the molecule is N#Cc1c(Cl)cc(C(=O)O)nc1Cl. The normalized spacial score (nSPS) is 9.31. The maximum Gasteiger partial charge on any atom is 0.354 e. The highest BCUT2D eigenvalue weighted by Crippen LogP contribution is 2.22. The van der Waals surface area contributed by atoms with Crippen molar-refractivity contribution in [2.24, 2.45) is 0 Å². The topological polar surface area (TPSA) is 74.0 Å². The summed E-state index contributed by atoms with van der Waals surface area (Å²) in [4.78, 5) is 13.9. The zero-order valence-corrected chi connectivity index (χ0v) is 7.60. The molecule has 66 valence electrons. The molecule has 0 radical (unpaired) electrons. The lowest BCUT2D eigenvalue weighted by Gasteiger charge is -1.99. The van der Waals surface area contributed by atoms with Gasteiger partial charge in [-0.1, -0.05) is 23.2 Å². The number of aromatic carboxylic acids is 1. The van der Waals surface area contributed by atoms with Crippen LogP contribution in [-0.4, -0.2) is 16.1 Å². The first-order valence-corrected chi connectivity index (χ1v) is 3.81. The minimum Gasteiger partial charge on any atom is -0.477 e. The number of carboxylic acid groups (broad SMARTS) is 1. The van der Waals surface area contributed by atoms with E-state index < -0.39 is 5.97 Å². The average molecular weight is 217 g/mol. The molecule has 0 spiro atoms. The highest BCUT2D eigenvalue weighted by Gasteiger charge is 2.12. The minimum atomic E-state index is -1.24. The predicted octanol–water partition coefficient (Wildman–Crippen LogP) is 1.96. The van der Waals surface area contributed by atoms with Crippen LogP contribution in [0.15, 0.2) is 6.07 Å². The van der Waals surface area contributed by atoms with E-state index in [1.807, 2.05) is 0 Å². The van der Waals surface area contributed by atoms with Crippen LogP contribution in [0.5, 0.6) is 0 Å². The van der Waals surface area contributed by atoms with Crippen molar-refractivity contribution in [3.63, 3.8) is 0 Å². The summed E-state index contributed by atoms with van der Waals surface area (Å²) in [7, 11) is 0. The summed E-state index contributed by atoms with van der Waals surface area (Å²) in [5.74, 6) is -1.24. The molecular weight excluding hydrogens is 215 g/mol. The molecular formula is C7H2Cl2N2O2. The number of nitriles is 1. The highest BCUT2D eigenvalue weighted by molar-refractivity contribution is 6.36. The van der Waals surface area contributed by atoms with Crippen LogP contribution in [0, 0.1) is 11.3 Å². The molecule has 1 N–H and O–H groups in total. The molecule has 0 amide bonds. The van der Waals surface area contributed by atoms with Gasteiger partial charge in [0.1, 0.15) is 16.8 Å². The van der Waals surface area contributed by atoms with Crippen molar-refractivity contribution in [1.82, 2.24) is 4.98 Å². The summed E-state index contributed by atoms with van der Waals surface area (Å²) in [5, 5.41) is 16.8. The van der Waals surface area contributed by atoms with Crippen molar-refractivity contribution in [2.75, 3.05) is 0 Å². The fraction of sp³-hybridized carbons (Fsp3) is 0. The Morgan fingerprint density at radius 1 is 1.62 bits per heavy atom. The third kappa shape index (κ3) is 1.89.